The Kier molecular flexibility index (Phi) is 4.24. The summed E-state index contributed by atoms with van der Waals surface area (Å²) in [6, 6.07) is 0.346. The number of nitrogens with one attached hydrogen (secondary N) is 1. The summed E-state index contributed by atoms with van der Waals surface area (Å²) in [5, 5.41) is 3.18. The molecule has 4 heteroatoms. The average Bonchev–Trinajstić information content (AvgIpc) is 2.60. The van der Waals surface area contributed by atoms with Crippen molar-refractivity contribution in [3.63, 3.8) is 0 Å². The minimum absolute atomic E-state index is 0. The van der Waals surface area contributed by atoms with Crippen LogP contribution in [0.1, 0.15) is 39.5 Å². The van der Waals surface area contributed by atoms with Gasteiger partial charge in [0.1, 0.15) is 0 Å². The molecular weight excluding hydrogens is 224 g/mol. The second-order valence-electron chi connectivity index (χ2n) is 5.79. The molecule has 3 unspecified atom stereocenters. The molecule has 0 heterocycles. The first kappa shape index (κ1) is 13.8. The van der Waals surface area contributed by atoms with Gasteiger partial charge >= 0.3 is 0 Å². The van der Waals surface area contributed by atoms with Gasteiger partial charge in [-0.3, -0.25) is 4.79 Å². The van der Waals surface area contributed by atoms with Gasteiger partial charge in [-0.25, -0.2) is 0 Å². The summed E-state index contributed by atoms with van der Waals surface area (Å²) in [6.07, 6.45) is 4.54. The zero-order valence-electron chi connectivity index (χ0n) is 10.2. The van der Waals surface area contributed by atoms with Gasteiger partial charge in [-0.1, -0.05) is 20.3 Å². The lowest BCUT2D eigenvalue weighted by Crippen LogP contribution is -2.41. The molecule has 3 N–H and O–H groups in total. The van der Waals surface area contributed by atoms with Gasteiger partial charge in [0, 0.05) is 12.0 Å². The van der Waals surface area contributed by atoms with Crippen LogP contribution in [0.15, 0.2) is 0 Å². The van der Waals surface area contributed by atoms with Crippen molar-refractivity contribution in [2.24, 2.45) is 23.0 Å². The summed E-state index contributed by atoms with van der Waals surface area (Å²) in [6.45, 7) is 5.03. The third-order valence-corrected chi connectivity index (χ3v) is 4.12. The van der Waals surface area contributed by atoms with Gasteiger partial charge in [-0.05, 0) is 37.1 Å². The monoisotopic (exact) mass is 246 g/mol. The van der Waals surface area contributed by atoms with Crippen LogP contribution in [0.3, 0.4) is 0 Å². The van der Waals surface area contributed by atoms with E-state index in [1.54, 1.807) is 0 Å². The van der Waals surface area contributed by atoms with E-state index in [4.69, 9.17) is 5.73 Å². The SMILES string of the molecule is CC1(C)CC1C(=O)NC1CCCC1CN.Cl. The normalized spacial score (nSPS) is 35.3. The fraction of sp³-hybridized carbons (Fsp3) is 0.917. The molecule has 0 aromatic heterocycles. The summed E-state index contributed by atoms with van der Waals surface area (Å²) in [7, 11) is 0. The van der Waals surface area contributed by atoms with Crippen molar-refractivity contribution in [3.8, 4) is 0 Å². The minimum atomic E-state index is 0. The Hall–Kier alpha value is -0.280. The Morgan fingerprint density at radius 1 is 1.44 bits per heavy atom. The third-order valence-electron chi connectivity index (χ3n) is 4.12. The Bertz CT molecular complexity index is 268. The smallest absolute Gasteiger partial charge is 0.223 e. The molecule has 2 saturated carbocycles. The molecule has 1 amide bonds. The molecule has 0 aliphatic heterocycles. The molecule has 0 saturated heterocycles. The Morgan fingerprint density at radius 3 is 2.56 bits per heavy atom. The number of hydrogen-bond donors (Lipinski definition) is 2. The second-order valence-corrected chi connectivity index (χ2v) is 5.79. The highest BCUT2D eigenvalue weighted by Crippen LogP contribution is 2.51. The number of carbonyl (C=O) groups excluding carboxylic acids is 1. The maximum absolute atomic E-state index is 11.9. The molecule has 0 spiro atoms. The highest BCUT2D eigenvalue weighted by Gasteiger charge is 2.51. The predicted molar refractivity (Wildman–Crippen MR) is 67.5 cm³/mol. The zero-order valence-corrected chi connectivity index (χ0v) is 11.0. The summed E-state index contributed by atoms with van der Waals surface area (Å²) in [5.41, 5.74) is 5.93. The van der Waals surface area contributed by atoms with Gasteiger partial charge in [-0.2, -0.15) is 0 Å². The fourth-order valence-corrected chi connectivity index (χ4v) is 2.71. The number of carbonyl (C=O) groups is 1. The molecule has 2 fully saturated rings. The van der Waals surface area contributed by atoms with Gasteiger partial charge in [-0.15, -0.1) is 12.4 Å². The van der Waals surface area contributed by atoms with Crippen LogP contribution in [0, 0.1) is 17.3 Å². The quantitative estimate of drug-likeness (QED) is 0.797. The Balaban J connectivity index is 0.00000128. The number of amides is 1. The first-order chi connectivity index (χ1) is 7.04. The van der Waals surface area contributed by atoms with E-state index < -0.39 is 0 Å². The lowest BCUT2D eigenvalue weighted by atomic mass is 10.0. The molecule has 0 radical (unpaired) electrons. The fourth-order valence-electron chi connectivity index (χ4n) is 2.71. The molecular formula is C12H23ClN2O. The van der Waals surface area contributed by atoms with Gasteiger partial charge in [0.15, 0.2) is 0 Å². The van der Waals surface area contributed by atoms with Crippen molar-refractivity contribution in [2.45, 2.75) is 45.6 Å². The summed E-state index contributed by atoms with van der Waals surface area (Å²) >= 11 is 0. The molecule has 16 heavy (non-hydrogen) atoms. The van der Waals surface area contributed by atoms with Crippen LogP contribution in [-0.4, -0.2) is 18.5 Å². The number of rotatable bonds is 3. The first-order valence-electron chi connectivity index (χ1n) is 6.05. The number of hydrogen-bond acceptors (Lipinski definition) is 2. The third kappa shape index (κ3) is 2.69. The summed E-state index contributed by atoms with van der Waals surface area (Å²) < 4.78 is 0. The molecule has 3 nitrogen and oxygen atoms in total. The van der Waals surface area contributed by atoms with E-state index in [1.165, 1.54) is 12.8 Å². The topological polar surface area (TPSA) is 55.1 Å². The van der Waals surface area contributed by atoms with E-state index in [9.17, 15) is 4.79 Å². The van der Waals surface area contributed by atoms with Crippen molar-refractivity contribution in [1.29, 1.82) is 0 Å². The van der Waals surface area contributed by atoms with Gasteiger partial charge in [0.2, 0.25) is 5.91 Å². The maximum Gasteiger partial charge on any atom is 0.223 e. The Labute approximate surface area is 104 Å². The van der Waals surface area contributed by atoms with Crippen molar-refractivity contribution < 1.29 is 4.79 Å². The van der Waals surface area contributed by atoms with E-state index in [1.807, 2.05) is 0 Å². The largest absolute Gasteiger partial charge is 0.353 e. The van der Waals surface area contributed by atoms with E-state index in [2.05, 4.69) is 19.2 Å². The van der Waals surface area contributed by atoms with Crippen molar-refractivity contribution >= 4 is 18.3 Å². The summed E-state index contributed by atoms with van der Waals surface area (Å²) in [4.78, 5) is 11.9. The van der Waals surface area contributed by atoms with Crippen LogP contribution < -0.4 is 11.1 Å². The lowest BCUT2D eigenvalue weighted by molar-refractivity contribution is -0.123. The molecule has 2 aliphatic rings. The maximum atomic E-state index is 11.9. The zero-order chi connectivity index (χ0) is 11.1. The highest BCUT2D eigenvalue weighted by molar-refractivity contribution is 5.85. The van der Waals surface area contributed by atoms with Crippen molar-refractivity contribution in [3.05, 3.63) is 0 Å². The first-order valence-corrected chi connectivity index (χ1v) is 6.05. The number of nitrogens with two attached hydrogens (primary N) is 1. The Morgan fingerprint density at radius 2 is 2.06 bits per heavy atom. The lowest BCUT2D eigenvalue weighted by Gasteiger charge is -2.19. The molecule has 0 bridgehead atoms. The van der Waals surface area contributed by atoms with Crippen molar-refractivity contribution in [2.75, 3.05) is 6.54 Å². The molecule has 3 atom stereocenters. The van der Waals surface area contributed by atoms with Gasteiger partial charge in [0.05, 0.1) is 0 Å². The second kappa shape index (κ2) is 4.92. The molecule has 0 aromatic carbocycles. The van der Waals surface area contributed by atoms with E-state index in [0.29, 0.717) is 18.5 Å². The molecule has 94 valence electrons. The predicted octanol–water partition coefficient (Wildman–Crippen LogP) is 1.70. The summed E-state index contributed by atoms with van der Waals surface area (Å²) in [5.74, 6) is 1.01. The number of halogens is 1. The van der Waals surface area contributed by atoms with E-state index in [-0.39, 0.29) is 29.6 Å². The standard InChI is InChI=1S/C12H22N2O.ClH/c1-12(2)6-9(12)11(15)14-10-5-3-4-8(10)7-13;/h8-10H,3-7,13H2,1-2H3,(H,14,15);1H. The van der Waals surface area contributed by atoms with Gasteiger partial charge < -0.3 is 11.1 Å². The van der Waals surface area contributed by atoms with Crippen LogP contribution in [0.25, 0.3) is 0 Å². The van der Waals surface area contributed by atoms with E-state index in [0.717, 1.165) is 12.8 Å². The highest BCUT2D eigenvalue weighted by atomic mass is 35.5. The van der Waals surface area contributed by atoms with Crippen LogP contribution in [-0.2, 0) is 4.79 Å². The van der Waals surface area contributed by atoms with Crippen molar-refractivity contribution in [1.82, 2.24) is 5.32 Å². The minimum Gasteiger partial charge on any atom is -0.353 e. The van der Waals surface area contributed by atoms with Crippen LogP contribution in [0.2, 0.25) is 0 Å². The van der Waals surface area contributed by atoms with Crippen LogP contribution in [0.4, 0.5) is 0 Å². The molecule has 0 aromatic rings. The molecule has 2 rings (SSSR count). The molecule has 2 aliphatic carbocycles. The average molecular weight is 247 g/mol. The van der Waals surface area contributed by atoms with Crippen LogP contribution >= 0.6 is 12.4 Å². The van der Waals surface area contributed by atoms with Gasteiger partial charge in [0.25, 0.3) is 0 Å². The van der Waals surface area contributed by atoms with E-state index >= 15 is 0 Å². The van der Waals surface area contributed by atoms with Crippen LogP contribution in [0.5, 0.6) is 0 Å².